The lowest BCUT2D eigenvalue weighted by atomic mass is 9.97. The molecule has 0 saturated carbocycles. The summed E-state index contributed by atoms with van der Waals surface area (Å²) >= 11 is 3.79. The summed E-state index contributed by atoms with van der Waals surface area (Å²) in [6.07, 6.45) is 0. The highest BCUT2D eigenvalue weighted by Crippen LogP contribution is 2.48. The fourth-order valence-corrected chi connectivity index (χ4v) is 11.9. The number of rotatable bonds is 5. The summed E-state index contributed by atoms with van der Waals surface area (Å²) in [5, 5.41) is 12.7. The van der Waals surface area contributed by atoms with Crippen molar-refractivity contribution >= 4 is 124 Å². The van der Waals surface area contributed by atoms with Crippen molar-refractivity contribution in [3.63, 3.8) is 0 Å². The van der Waals surface area contributed by atoms with Crippen LogP contribution in [0.5, 0.6) is 0 Å². The molecule has 10 aromatic carbocycles. The third-order valence-corrected chi connectivity index (χ3v) is 14.6. The van der Waals surface area contributed by atoms with Gasteiger partial charge in [-0.3, -0.25) is 0 Å². The standard InChI is InChI=1S/C56H33NOS2/c1-2-10-34(11-3-1)35-20-25-39(26-21-35)57(41-27-29-47-46(33-41)53-42-15-5-4-12-36(42)22-28-48(53)58-47)40-14-8-13-38(32-40)43-17-9-18-45-55-51(60-56(43)45)31-24-37-23-30-50-54(52(37)55)44-16-6-7-19-49(44)59-50/h1-33H. The van der Waals surface area contributed by atoms with E-state index in [0.717, 1.165) is 39.0 Å². The first-order valence-electron chi connectivity index (χ1n) is 20.3. The second kappa shape index (κ2) is 13.1. The van der Waals surface area contributed by atoms with Crippen LogP contribution >= 0.6 is 22.7 Å². The van der Waals surface area contributed by atoms with E-state index >= 15 is 0 Å². The van der Waals surface area contributed by atoms with Gasteiger partial charge in [-0.2, -0.15) is 0 Å². The van der Waals surface area contributed by atoms with Gasteiger partial charge in [-0.15, -0.1) is 22.7 Å². The molecule has 0 fully saturated rings. The van der Waals surface area contributed by atoms with E-state index in [1.54, 1.807) is 0 Å². The molecule has 0 spiro atoms. The number of thiophene rings is 2. The Labute approximate surface area is 353 Å². The van der Waals surface area contributed by atoms with Crippen molar-refractivity contribution in [1.82, 2.24) is 0 Å². The van der Waals surface area contributed by atoms with Crippen LogP contribution in [0.3, 0.4) is 0 Å². The highest BCUT2D eigenvalue weighted by Gasteiger charge is 2.20. The highest BCUT2D eigenvalue weighted by atomic mass is 32.1. The van der Waals surface area contributed by atoms with Gasteiger partial charge >= 0.3 is 0 Å². The van der Waals surface area contributed by atoms with Crippen molar-refractivity contribution in [2.75, 3.05) is 4.90 Å². The van der Waals surface area contributed by atoms with Crippen LogP contribution in [0.4, 0.5) is 17.1 Å². The average molecular weight is 800 g/mol. The van der Waals surface area contributed by atoms with Crippen LogP contribution < -0.4 is 4.90 Å². The number of furan rings is 1. The van der Waals surface area contributed by atoms with Gasteiger partial charge in [-0.25, -0.2) is 0 Å². The summed E-state index contributed by atoms with van der Waals surface area (Å²) in [6, 6.07) is 73.0. The minimum Gasteiger partial charge on any atom is -0.456 e. The van der Waals surface area contributed by atoms with Crippen molar-refractivity contribution in [1.29, 1.82) is 0 Å². The number of nitrogens with zero attached hydrogens (tertiary/aromatic N) is 1. The van der Waals surface area contributed by atoms with Crippen LogP contribution in [0.1, 0.15) is 0 Å². The van der Waals surface area contributed by atoms with E-state index in [1.807, 2.05) is 22.7 Å². The molecule has 0 N–H and O–H groups in total. The van der Waals surface area contributed by atoms with E-state index in [9.17, 15) is 0 Å². The summed E-state index contributed by atoms with van der Waals surface area (Å²) in [5.41, 5.74) is 9.85. The first-order chi connectivity index (χ1) is 29.7. The minimum atomic E-state index is 0.884. The number of benzene rings is 10. The van der Waals surface area contributed by atoms with Gasteiger partial charge in [-0.05, 0) is 105 Å². The van der Waals surface area contributed by atoms with E-state index in [0.29, 0.717) is 0 Å². The third-order valence-electron chi connectivity index (χ3n) is 12.2. The summed E-state index contributed by atoms with van der Waals surface area (Å²) in [6.45, 7) is 0. The zero-order valence-electron chi connectivity index (χ0n) is 32.2. The number of hydrogen-bond acceptors (Lipinski definition) is 4. The Morgan fingerprint density at radius 3 is 1.87 bits per heavy atom. The van der Waals surface area contributed by atoms with Gasteiger partial charge in [0, 0.05) is 73.6 Å². The Kier molecular flexibility index (Phi) is 7.38. The Balaban J connectivity index is 1.01. The molecule has 13 aromatic rings. The maximum atomic E-state index is 6.46. The predicted molar refractivity (Wildman–Crippen MR) is 260 cm³/mol. The largest absolute Gasteiger partial charge is 0.456 e. The van der Waals surface area contributed by atoms with Gasteiger partial charge in [0.25, 0.3) is 0 Å². The first-order valence-corrected chi connectivity index (χ1v) is 22.0. The summed E-state index contributed by atoms with van der Waals surface area (Å²) in [7, 11) is 0. The average Bonchev–Trinajstić information content (AvgIpc) is 4.01. The molecule has 0 aliphatic carbocycles. The summed E-state index contributed by atoms with van der Waals surface area (Å²) < 4.78 is 11.8. The quantitative estimate of drug-likeness (QED) is 0.172. The predicted octanol–water partition coefficient (Wildman–Crippen LogP) is 17.4. The minimum absolute atomic E-state index is 0.884. The van der Waals surface area contributed by atoms with Crippen molar-refractivity contribution < 1.29 is 4.42 Å². The molecule has 2 nitrogen and oxygen atoms in total. The number of fused-ring (bicyclic) bond motifs is 14. The van der Waals surface area contributed by atoms with Crippen LogP contribution in [-0.2, 0) is 0 Å². The lowest BCUT2D eigenvalue weighted by Gasteiger charge is -2.26. The normalized spacial score (nSPS) is 12.0. The molecular weight excluding hydrogens is 767 g/mol. The van der Waals surface area contributed by atoms with E-state index in [-0.39, 0.29) is 0 Å². The Morgan fingerprint density at radius 1 is 0.333 bits per heavy atom. The molecular formula is C56H33NOS2. The molecule has 0 aliphatic rings. The van der Waals surface area contributed by atoms with Crippen LogP contribution in [0.15, 0.2) is 205 Å². The molecule has 13 rings (SSSR count). The SMILES string of the molecule is c1ccc(-c2ccc(N(c3cccc(-c4cccc5c4sc4ccc6ccc7sc8ccccc8c7c6c45)c3)c3ccc4oc5ccc6ccccc6c5c4c3)cc2)cc1. The van der Waals surface area contributed by atoms with Gasteiger partial charge in [0.1, 0.15) is 11.2 Å². The Bertz CT molecular complexity index is 3840. The molecule has 0 aliphatic heterocycles. The molecule has 60 heavy (non-hydrogen) atoms. The maximum Gasteiger partial charge on any atom is 0.136 e. The molecule has 4 heteroatoms. The van der Waals surface area contributed by atoms with Gasteiger partial charge in [-0.1, -0.05) is 133 Å². The van der Waals surface area contributed by atoms with Crippen LogP contribution in [-0.4, -0.2) is 0 Å². The summed E-state index contributed by atoms with van der Waals surface area (Å²) in [5.74, 6) is 0. The van der Waals surface area contributed by atoms with Gasteiger partial charge in [0.15, 0.2) is 0 Å². The van der Waals surface area contributed by atoms with Crippen molar-refractivity contribution in [3.05, 3.63) is 200 Å². The molecule has 0 unspecified atom stereocenters. The van der Waals surface area contributed by atoms with Crippen molar-refractivity contribution in [2.45, 2.75) is 0 Å². The van der Waals surface area contributed by atoms with Crippen LogP contribution in [0.2, 0.25) is 0 Å². The van der Waals surface area contributed by atoms with Crippen LogP contribution in [0, 0.1) is 0 Å². The van der Waals surface area contributed by atoms with Gasteiger partial charge in [0.05, 0.1) is 0 Å². The van der Waals surface area contributed by atoms with Gasteiger partial charge < -0.3 is 9.32 Å². The molecule has 0 atom stereocenters. The fraction of sp³-hybridized carbons (Fsp3) is 0. The molecule has 0 amide bonds. The van der Waals surface area contributed by atoms with Crippen LogP contribution in [0.25, 0.3) is 106 Å². The zero-order chi connectivity index (χ0) is 39.3. The fourth-order valence-electron chi connectivity index (χ4n) is 9.51. The van der Waals surface area contributed by atoms with E-state index in [2.05, 4.69) is 205 Å². The second-order valence-electron chi connectivity index (χ2n) is 15.6. The molecule has 0 bridgehead atoms. The first kappa shape index (κ1) is 33.7. The second-order valence-corrected chi connectivity index (χ2v) is 17.7. The monoisotopic (exact) mass is 799 g/mol. The molecule has 280 valence electrons. The van der Waals surface area contributed by atoms with E-state index < -0.39 is 0 Å². The molecule has 0 saturated heterocycles. The van der Waals surface area contributed by atoms with Gasteiger partial charge in [0.2, 0.25) is 0 Å². The third kappa shape index (κ3) is 5.11. The zero-order valence-corrected chi connectivity index (χ0v) is 33.9. The molecule has 0 radical (unpaired) electrons. The summed E-state index contributed by atoms with van der Waals surface area (Å²) in [4.78, 5) is 2.39. The number of hydrogen-bond donors (Lipinski definition) is 0. The molecule has 3 heterocycles. The Morgan fingerprint density at radius 2 is 0.983 bits per heavy atom. The number of anilines is 3. The smallest absolute Gasteiger partial charge is 0.136 e. The van der Waals surface area contributed by atoms with E-state index in [4.69, 9.17) is 4.42 Å². The highest BCUT2D eigenvalue weighted by molar-refractivity contribution is 7.27. The Hall–Kier alpha value is -7.24. The van der Waals surface area contributed by atoms with E-state index in [1.165, 1.54) is 84.1 Å². The maximum absolute atomic E-state index is 6.46. The topological polar surface area (TPSA) is 16.4 Å². The van der Waals surface area contributed by atoms with Crippen molar-refractivity contribution in [2.24, 2.45) is 0 Å². The lowest BCUT2D eigenvalue weighted by Crippen LogP contribution is -2.10. The molecule has 3 aromatic heterocycles. The van der Waals surface area contributed by atoms with Crippen molar-refractivity contribution in [3.8, 4) is 22.3 Å². The lowest BCUT2D eigenvalue weighted by molar-refractivity contribution is 0.669.